The number of benzene rings is 8. The van der Waals surface area contributed by atoms with Gasteiger partial charge in [0.15, 0.2) is 11.6 Å². The Morgan fingerprint density at radius 1 is 0.397 bits per heavy atom. The Bertz CT molecular complexity index is 7200. The number of carbonyl (C=O) groups excluding carboxylic acids is 2. The second-order valence-corrected chi connectivity index (χ2v) is 32.8. The van der Waals surface area contributed by atoms with Crippen LogP contribution in [0, 0.1) is 137 Å². The van der Waals surface area contributed by atoms with Crippen molar-refractivity contribution in [2.45, 2.75) is 90.2 Å². The van der Waals surface area contributed by atoms with Gasteiger partial charge < -0.3 is 39.8 Å². The summed E-state index contributed by atoms with van der Waals surface area (Å²) < 4.78 is 170. The second-order valence-electron chi connectivity index (χ2n) is 32.8. The molecule has 2 N–H and O–H groups in total. The topological polar surface area (TPSA) is 226 Å². The molecule has 1 radical (unpaired) electrons. The Hall–Kier alpha value is -12.3. The van der Waals surface area contributed by atoms with Crippen LogP contribution in [0.3, 0.4) is 0 Å². The maximum atomic E-state index is 14.2. The smallest absolute Gasteiger partial charge is 0.512 e. The first kappa shape index (κ1) is 119. The third-order valence-electron chi connectivity index (χ3n) is 21.5. The number of halogens is 13. The summed E-state index contributed by atoms with van der Waals surface area (Å²) in [6.07, 6.45) is -3.40. The number of allylic oxidation sites excluding steroid dienone is 3. The van der Waals surface area contributed by atoms with Crippen molar-refractivity contribution in [2.75, 3.05) is 0 Å². The third kappa shape index (κ3) is 31.4. The summed E-state index contributed by atoms with van der Waals surface area (Å²) in [6, 6.07) is 101. The largest absolute Gasteiger partial charge is 2.00 e. The van der Waals surface area contributed by atoms with Gasteiger partial charge in [-0.3, -0.25) is 47.2 Å². The van der Waals surface area contributed by atoms with Gasteiger partial charge in [0.2, 0.25) is 0 Å². The van der Waals surface area contributed by atoms with Crippen molar-refractivity contribution in [1.29, 1.82) is 0 Å². The maximum absolute atomic E-state index is 14.2. The third-order valence-corrected chi connectivity index (χ3v) is 21.5. The van der Waals surface area contributed by atoms with Gasteiger partial charge in [-0.25, -0.2) is 9.67 Å². The van der Waals surface area contributed by atoms with Crippen LogP contribution in [-0.4, -0.2) is 92.4 Å². The summed E-state index contributed by atoms with van der Waals surface area (Å²) in [4.78, 5) is 61.4. The fraction of sp³-hybridized carbons (Fsp3) is 0.126. The molecule has 17 nitrogen and oxygen atoms in total. The molecule has 0 aliphatic carbocycles. The molecule has 0 saturated carbocycles. The first-order valence-corrected chi connectivity index (χ1v) is 43.1. The number of aliphatic hydroxyl groups excluding tert-OH is 2. The zero-order chi connectivity index (χ0) is 101. The minimum absolute atomic E-state index is 0. The van der Waals surface area contributed by atoms with E-state index in [0.29, 0.717) is 40.4 Å². The first-order chi connectivity index (χ1) is 67.2. The van der Waals surface area contributed by atoms with E-state index in [9.17, 15) is 71.8 Å². The van der Waals surface area contributed by atoms with Gasteiger partial charge in [-0.05, 0) is 150 Å². The molecule has 0 bridgehead atoms. The van der Waals surface area contributed by atoms with Crippen LogP contribution in [0.15, 0.2) is 346 Å². The number of aromatic nitrogens is 13. The number of alkyl halides is 9. The van der Waals surface area contributed by atoms with Crippen molar-refractivity contribution < 1.29 is 217 Å². The number of ketones is 2. The number of rotatable bonds is 15. The molecule has 0 spiro atoms. The minimum atomic E-state index is -4.96. The number of nitrogens with zero attached hydrogens (tertiary/aromatic N) is 13. The normalized spacial score (nSPS) is 11.4. The van der Waals surface area contributed by atoms with Crippen molar-refractivity contribution in [2.24, 2.45) is 0 Å². The molecule has 0 fully saturated rings. The number of pyridine rings is 9. The quantitative estimate of drug-likeness (QED) is 0.0320. The van der Waals surface area contributed by atoms with Gasteiger partial charge in [0.25, 0.3) is 5.78 Å². The van der Waals surface area contributed by atoms with Crippen LogP contribution in [0.1, 0.15) is 106 Å². The van der Waals surface area contributed by atoms with Crippen LogP contribution in [0.5, 0.6) is 0 Å². The van der Waals surface area contributed by atoms with Crippen LogP contribution in [-0.2, 0) is 101 Å². The molecular formula is C111H82DyF13N13O4Pt3Tb-2. The summed E-state index contributed by atoms with van der Waals surface area (Å²) in [5.74, 6) is -5.51. The van der Waals surface area contributed by atoms with Gasteiger partial charge in [0.05, 0.1) is 45.8 Å². The van der Waals surface area contributed by atoms with Gasteiger partial charge >= 0.3 is 60.7 Å². The van der Waals surface area contributed by atoms with Crippen molar-refractivity contribution in [3.8, 4) is 56.7 Å². The van der Waals surface area contributed by atoms with E-state index >= 15 is 0 Å². The standard InChI is InChI=1S/C25H16F4N2.C25H20N2.C21H15F6N6.C13H8N.C12H8N2.C10H7F3O2.C5H8O2.Dy.3Pt.Tb/c1-25(2,23-7-3-5-21(30-23)17-11-9-15(26)13-19(17)28)24-8-4-6-22(31-24)18-12-10-16(27)14-20(18)29;1-25(2,23-17-9-15-21(26-23)19-11-5-3-6-12-19)24-18-10-16-22(27-24)20-13-7-4-8-14-20;1-19(2,14-5-3-7-17(29-14)32-10-9-16(31-32)21(25,26)27)15-6-4-8-18(30-15)33-12-13(11-28-33)20(22,23)24;1-2-6-12-10(4-1)7-8-11-5-3-9-14-13(11)12;1-3-9-5-6-10-4-2-8-14-12(10)11(9)13-7-1;11-10(12,13)9(15)6-8(14)7-4-2-1-3-5-7;1-4(6)3-5(2)7;;;;;/h3-10,13-14H,1-2H3;3-11,13,15-18H,1-2H3;3-9,11-12H,1-2H3;1-5,7-9H;1-8H;1-6,14H;3,6H,1-2H3;;;;;/q2*-2;2*-1;;;;;;2*+2;. The van der Waals surface area contributed by atoms with Gasteiger partial charge in [0, 0.05) is 219 Å². The second kappa shape index (κ2) is 53.4. The molecule has 0 aliphatic rings. The Balaban J connectivity index is 0.000000215. The molecule has 0 unspecified atom stereocenters. The van der Waals surface area contributed by atoms with Crippen molar-refractivity contribution in [3.63, 3.8) is 0 Å². The Labute approximate surface area is 936 Å². The molecule has 8 aromatic carbocycles. The Morgan fingerprint density at radius 2 is 0.795 bits per heavy atom. The van der Waals surface area contributed by atoms with Gasteiger partial charge in [0.1, 0.15) is 5.76 Å². The molecule has 11 heterocycles. The summed E-state index contributed by atoms with van der Waals surface area (Å²) >= 11 is 0. The van der Waals surface area contributed by atoms with Crippen LogP contribution in [0.2, 0.25) is 0 Å². The minimum Gasteiger partial charge on any atom is -0.512 e. The molecule has 19 aromatic rings. The molecule has 0 saturated heterocycles. The van der Waals surface area contributed by atoms with E-state index in [2.05, 4.69) is 168 Å². The first-order valence-electron chi connectivity index (χ1n) is 43.1. The van der Waals surface area contributed by atoms with Crippen molar-refractivity contribution >= 4 is 60.8 Å². The molecule has 0 aliphatic heterocycles. The molecule has 11 aromatic heterocycles. The van der Waals surface area contributed by atoms with E-state index in [4.69, 9.17) is 15.1 Å². The summed E-state index contributed by atoms with van der Waals surface area (Å²) in [7, 11) is 0. The number of carbonyl (C=O) groups is 2. The van der Waals surface area contributed by atoms with Crippen LogP contribution in [0.4, 0.5) is 57.1 Å². The zero-order valence-electron chi connectivity index (χ0n) is 77.9. The van der Waals surface area contributed by atoms with E-state index < -0.39 is 75.4 Å². The van der Waals surface area contributed by atoms with Crippen molar-refractivity contribution in [3.05, 3.63) is 457 Å². The van der Waals surface area contributed by atoms with Crippen molar-refractivity contribution in [1.82, 2.24) is 64.4 Å². The zero-order valence-corrected chi connectivity index (χ0v) is 88.9. The average Bonchev–Trinajstić information content (AvgIpc) is 1.38. The summed E-state index contributed by atoms with van der Waals surface area (Å²) in [5.41, 5.74) is 7.85. The van der Waals surface area contributed by atoms with E-state index in [-0.39, 0.29) is 191 Å². The van der Waals surface area contributed by atoms with E-state index in [1.807, 2.05) is 111 Å². The van der Waals surface area contributed by atoms with Gasteiger partial charge in [-0.2, -0.15) is 44.6 Å². The number of hydrogen-bond donors (Lipinski definition) is 2. The van der Waals surface area contributed by atoms with E-state index in [0.717, 1.165) is 113 Å². The van der Waals surface area contributed by atoms with Gasteiger partial charge in [-0.15, -0.1) is 137 Å². The molecule has 757 valence electrons. The number of fused-ring (bicyclic) bond motifs is 6. The maximum Gasteiger partial charge on any atom is 2.00 e. The fourth-order valence-corrected chi connectivity index (χ4v) is 14.0. The van der Waals surface area contributed by atoms with E-state index in [1.54, 1.807) is 93.0 Å². The van der Waals surface area contributed by atoms with Crippen LogP contribution in [0.25, 0.3) is 106 Å². The monoisotopic (exact) mass is 2820 g/mol. The number of hydrogen-bond acceptors (Lipinski definition) is 15. The summed E-state index contributed by atoms with van der Waals surface area (Å²) in [5, 5.41) is 30.5. The van der Waals surface area contributed by atoms with Crippen LogP contribution >= 0.6 is 0 Å². The SMILES string of the molecule is CC(=O)C=C(C)O.CC(C)(c1cccc(-c2[c-]cc(F)cc2F)n1)c1cccc(-c2[c-]cc(F)cc2F)n1.CC(C)(c1cccc(-c2[c-]cccc2)n1)c1cccc(-c2[c-]cccc2)n1.CC(C)(c1cccc(-n2[c-]cc(C(F)(F)F)n2)n1)c1cccc(-n2cc(C(F)(F)F)cn2)n1.O=C(C=C(O)c1ccccc1)C(F)(F)F.[Dy].[Pt+2].[Pt+2].[Pt].[Tb].[c-]1cccc2ccc3cccnc3c12.c1cnc2c(c1)ccc1cccnc12. The predicted octanol–water partition coefficient (Wildman–Crippen LogP) is 26.8. The Kier molecular flexibility index (Phi) is 43.5. The van der Waals surface area contributed by atoms with E-state index in [1.165, 1.54) is 67.1 Å². The molecule has 0 atom stereocenters. The molecular weight excluding hydrogens is 2730 g/mol. The predicted molar refractivity (Wildman–Crippen MR) is 512 cm³/mol. The molecule has 35 heteroatoms. The average molecular weight is 2820 g/mol. The molecule has 146 heavy (non-hydrogen) atoms. The number of aliphatic hydroxyl groups is 2. The van der Waals surface area contributed by atoms with Crippen LogP contribution < -0.4 is 0 Å². The Morgan fingerprint density at radius 3 is 1.20 bits per heavy atom. The van der Waals surface area contributed by atoms with Gasteiger partial charge in [-0.1, -0.05) is 169 Å². The summed E-state index contributed by atoms with van der Waals surface area (Å²) in [6.45, 7) is 14.5. The molecule has 19 rings (SSSR count). The fourth-order valence-electron chi connectivity index (χ4n) is 14.0. The molecule has 0 amide bonds.